The van der Waals surface area contributed by atoms with Crippen LogP contribution in [0.25, 0.3) is 6.08 Å². The maximum Gasteiger partial charge on any atom is 0.416 e. The van der Waals surface area contributed by atoms with Crippen molar-refractivity contribution in [1.29, 1.82) is 0 Å². The van der Waals surface area contributed by atoms with E-state index in [4.69, 9.17) is 40.2 Å². The van der Waals surface area contributed by atoms with Gasteiger partial charge in [0.2, 0.25) is 5.75 Å². The molecule has 40 heavy (non-hydrogen) atoms. The van der Waals surface area contributed by atoms with Crippen molar-refractivity contribution in [3.8, 4) is 11.5 Å². The van der Waals surface area contributed by atoms with E-state index in [-0.39, 0.29) is 20.0 Å². The molecule has 3 amide bonds. The number of anilines is 1. The highest BCUT2D eigenvalue weighted by atomic mass is 35.5. The Morgan fingerprint density at radius 2 is 1.85 bits per heavy atom. The molecule has 1 saturated heterocycles. The Morgan fingerprint density at radius 3 is 2.52 bits per heavy atom. The first-order valence-corrected chi connectivity index (χ1v) is 12.7. The van der Waals surface area contributed by atoms with Gasteiger partial charge in [-0.3, -0.25) is 14.9 Å². The molecule has 9 nitrogen and oxygen atoms in total. The summed E-state index contributed by atoms with van der Waals surface area (Å²) in [5, 5.41) is 15.2. The van der Waals surface area contributed by atoms with E-state index in [1.54, 1.807) is 6.07 Å². The van der Waals surface area contributed by atoms with Crippen LogP contribution in [0.2, 0.25) is 10.0 Å². The zero-order valence-electron chi connectivity index (χ0n) is 19.5. The van der Waals surface area contributed by atoms with Gasteiger partial charge in [-0.15, -0.1) is 0 Å². The van der Waals surface area contributed by atoms with Crippen LogP contribution in [0.5, 0.6) is 11.5 Å². The molecule has 0 spiro atoms. The lowest BCUT2D eigenvalue weighted by Crippen LogP contribution is -2.46. The zero-order valence-corrected chi connectivity index (χ0v) is 22.6. The molecule has 3 aromatic rings. The van der Waals surface area contributed by atoms with E-state index in [1.807, 2.05) is 0 Å². The highest BCUT2D eigenvalue weighted by Crippen LogP contribution is 2.38. The fourth-order valence-corrected chi connectivity index (χ4v) is 4.74. The molecule has 1 aliphatic rings. The summed E-state index contributed by atoms with van der Waals surface area (Å²) < 4.78 is 44.4. The minimum absolute atomic E-state index is 0.0355. The van der Waals surface area contributed by atoms with Crippen molar-refractivity contribution in [3.63, 3.8) is 0 Å². The molecule has 0 bridgehead atoms. The van der Waals surface area contributed by atoms with Crippen molar-refractivity contribution in [2.24, 2.45) is 0 Å². The van der Waals surface area contributed by atoms with E-state index in [0.717, 1.165) is 22.8 Å². The molecule has 2 N–H and O–H groups in total. The maximum atomic E-state index is 13.0. The summed E-state index contributed by atoms with van der Waals surface area (Å²) in [7, 11) is 0. The van der Waals surface area contributed by atoms with Gasteiger partial charge in [0.1, 0.15) is 5.75 Å². The number of thioether (sulfide) groups is 1. The molecule has 0 aliphatic carbocycles. The van der Waals surface area contributed by atoms with Crippen LogP contribution in [0.15, 0.2) is 65.6 Å². The number of nitro groups is 1. The summed E-state index contributed by atoms with van der Waals surface area (Å²) in [6.45, 7) is 0. The number of amides is 3. The van der Waals surface area contributed by atoms with Crippen molar-refractivity contribution in [3.05, 3.63) is 96.9 Å². The molecule has 206 valence electrons. The van der Waals surface area contributed by atoms with Crippen LogP contribution in [0, 0.1) is 10.1 Å². The molecule has 1 heterocycles. The lowest BCUT2D eigenvalue weighted by molar-refractivity contribution is -0.385. The van der Waals surface area contributed by atoms with E-state index >= 15 is 0 Å². The van der Waals surface area contributed by atoms with Gasteiger partial charge in [-0.1, -0.05) is 47.1 Å². The second-order valence-corrected chi connectivity index (χ2v) is 10.3. The van der Waals surface area contributed by atoms with E-state index in [9.17, 15) is 32.9 Å². The topological polar surface area (TPSA) is 114 Å². The molecule has 0 saturated carbocycles. The number of carbonyl (C=O) groups is 2. The van der Waals surface area contributed by atoms with Crippen LogP contribution in [-0.4, -0.2) is 26.2 Å². The van der Waals surface area contributed by atoms with Crippen LogP contribution in [0.1, 0.15) is 11.1 Å². The van der Waals surface area contributed by atoms with Crippen LogP contribution < -0.4 is 15.5 Å². The Labute approximate surface area is 243 Å². The molecule has 0 aromatic heterocycles. The number of hydrazine groups is 1. The molecule has 0 atom stereocenters. The third-order valence-electron chi connectivity index (χ3n) is 5.05. The number of nitrogens with zero attached hydrogens (tertiary/aromatic N) is 2. The third-order valence-corrected chi connectivity index (χ3v) is 7.09. The SMILES string of the molecule is O=C(Nc1ccc(Cl)c(Cl)c1)NN1C(=O)/C(=C\c2cccc(Oc3ccc(C(F)(F)F)cc3[N+](=O)[O-])c2)SC1=S. The number of rotatable bonds is 6. The Hall–Kier alpha value is -3.85. The van der Waals surface area contributed by atoms with Gasteiger partial charge >= 0.3 is 17.9 Å². The highest BCUT2D eigenvalue weighted by molar-refractivity contribution is 8.26. The quantitative estimate of drug-likeness (QED) is 0.125. The molecule has 4 rings (SSSR count). The summed E-state index contributed by atoms with van der Waals surface area (Å²) in [4.78, 5) is 35.8. The first-order valence-electron chi connectivity index (χ1n) is 10.8. The first kappa shape index (κ1) is 29.1. The smallest absolute Gasteiger partial charge is 0.416 e. The number of hydrogen-bond acceptors (Lipinski definition) is 7. The predicted octanol–water partition coefficient (Wildman–Crippen LogP) is 7.65. The molecule has 0 unspecified atom stereocenters. The summed E-state index contributed by atoms with van der Waals surface area (Å²) in [5.41, 5.74) is 1.00. The Balaban J connectivity index is 1.48. The van der Waals surface area contributed by atoms with Crippen LogP contribution in [0.4, 0.5) is 29.3 Å². The van der Waals surface area contributed by atoms with Crippen LogP contribution in [-0.2, 0) is 11.0 Å². The Kier molecular flexibility index (Phi) is 8.54. The lowest BCUT2D eigenvalue weighted by atomic mass is 10.1. The zero-order chi connectivity index (χ0) is 29.2. The number of nitrogens with one attached hydrogen (secondary N) is 2. The average Bonchev–Trinajstić information content (AvgIpc) is 3.13. The summed E-state index contributed by atoms with van der Waals surface area (Å²) in [6.07, 6.45) is -3.33. The predicted molar refractivity (Wildman–Crippen MR) is 148 cm³/mol. The van der Waals surface area contributed by atoms with Gasteiger partial charge < -0.3 is 10.1 Å². The van der Waals surface area contributed by atoms with Crippen LogP contribution in [0.3, 0.4) is 0 Å². The number of benzene rings is 3. The van der Waals surface area contributed by atoms with Crippen LogP contribution >= 0.6 is 47.2 Å². The van der Waals surface area contributed by atoms with E-state index in [0.29, 0.717) is 28.4 Å². The van der Waals surface area contributed by atoms with Gasteiger partial charge in [-0.05, 0) is 66.3 Å². The number of carbonyl (C=O) groups excluding carboxylic acids is 2. The fourth-order valence-electron chi connectivity index (χ4n) is 3.27. The molecule has 1 fully saturated rings. The highest BCUT2D eigenvalue weighted by Gasteiger charge is 2.34. The van der Waals surface area contributed by atoms with Gasteiger partial charge in [0, 0.05) is 11.8 Å². The second-order valence-electron chi connectivity index (χ2n) is 7.82. The number of hydrogen-bond donors (Lipinski definition) is 2. The standard InChI is InChI=1S/C24H13Cl2F3N4O5S2/c25-16-6-5-14(11-17(16)26)30-22(35)31-32-21(34)20(40-23(32)39)9-12-2-1-3-15(8-12)38-19-7-4-13(24(27,28)29)10-18(19)33(36)37/h1-11H,(H2,30,31,35)/b20-9+. The minimum atomic E-state index is -4.77. The van der Waals surface area contributed by atoms with Crippen molar-refractivity contribution in [2.45, 2.75) is 6.18 Å². The molecule has 0 radical (unpaired) electrons. The molecule has 1 aliphatic heterocycles. The van der Waals surface area contributed by atoms with Crippen molar-refractivity contribution in [2.75, 3.05) is 5.32 Å². The maximum absolute atomic E-state index is 13.0. The third kappa shape index (κ3) is 6.83. The molecule has 3 aromatic carbocycles. The second kappa shape index (κ2) is 11.7. The number of ether oxygens (including phenoxy) is 1. The van der Waals surface area contributed by atoms with Gasteiger partial charge in [0.15, 0.2) is 4.32 Å². The van der Waals surface area contributed by atoms with E-state index in [2.05, 4.69) is 10.7 Å². The van der Waals surface area contributed by atoms with Gasteiger partial charge in [0.05, 0.1) is 25.4 Å². The largest absolute Gasteiger partial charge is 0.450 e. The monoisotopic (exact) mass is 628 g/mol. The van der Waals surface area contributed by atoms with E-state index in [1.165, 1.54) is 42.5 Å². The summed E-state index contributed by atoms with van der Waals surface area (Å²) in [6, 6.07) is 11.5. The summed E-state index contributed by atoms with van der Waals surface area (Å²) >= 11 is 17.9. The molecular weight excluding hydrogens is 616 g/mol. The Morgan fingerprint density at radius 1 is 1.10 bits per heavy atom. The number of halogens is 5. The summed E-state index contributed by atoms with van der Waals surface area (Å²) in [5.74, 6) is -0.978. The number of urea groups is 1. The average molecular weight is 629 g/mol. The van der Waals surface area contributed by atoms with Crippen molar-refractivity contribution < 1.29 is 32.4 Å². The minimum Gasteiger partial charge on any atom is -0.450 e. The van der Waals surface area contributed by atoms with Gasteiger partial charge in [0.25, 0.3) is 5.91 Å². The number of thiocarbonyl (C=S) groups is 1. The molecule has 16 heteroatoms. The number of nitro benzene ring substituents is 1. The van der Waals surface area contributed by atoms with E-state index < -0.39 is 40.0 Å². The molecular formula is C24H13Cl2F3N4O5S2. The Bertz CT molecular complexity index is 1590. The normalized spacial score (nSPS) is 14.4. The fraction of sp³-hybridized carbons (Fsp3) is 0.0417. The first-order chi connectivity index (χ1) is 18.8. The number of alkyl halides is 3. The van der Waals surface area contributed by atoms with Crippen molar-refractivity contribution >= 4 is 80.9 Å². The van der Waals surface area contributed by atoms with Crippen molar-refractivity contribution in [1.82, 2.24) is 10.4 Å². The van der Waals surface area contributed by atoms with Gasteiger partial charge in [-0.2, -0.15) is 18.2 Å². The van der Waals surface area contributed by atoms with Gasteiger partial charge in [-0.25, -0.2) is 10.2 Å². The lowest BCUT2D eigenvalue weighted by Gasteiger charge is -2.16.